The van der Waals surface area contributed by atoms with E-state index in [0.29, 0.717) is 0 Å². The number of carbonyl (C=O) groups excluding carboxylic acids is 1. The Morgan fingerprint density at radius 3 is 2.32 bits per heavy atom. The summed E-state index contributed by atoms with van der Waals surface area (Å²) in [5, 5.41) is 9.22. The molecule has 102 valence electrons. The Labute approximate surface area is 112 Å². The molecule has 0 spiro atoms. The zero-order valence-electron chi connectivity index (χ0n) is 11.1. The van der Waals surface area contributed by atoms with Crippen molar-refractivity contribution in [3.05, 3.63) is 48.0 Å². The first kappa shape index (κ1) is 15.0. The fraction of sp³-hybridized carbons (Fsp3) is 0.333. The van der Waals surface area contributed by atoms with Gasteiger partial charge in [-0.2, -0.15) is 0 Å². The highest BCUT2D eigenvalue weighted by atomic mass is 16.5. The quantitative estimate of drug-likeness (QED) is 0.631. The van der Waals surface area contributed by atoms with Crippen LogP contribution in [-0.4, -0.2) is 23.1 Å². The van der Waals surface area contributed by atoms with Crippen LogP contribution in [0.25, 0.3) is 0 Å². The van der Waals surface area contributed by atoms with Crippen LogP contribution in [0.15, 0.2) is 42.5 Å². The second-order valence-electron chi connectivity index (χ2n) is 4.56. The van der Waals surface area contributed by atoms with Crippen molar-refractivity contribution in [1.82, 2.24) is 0 Å². The summed E-state index contributed by atoms with van der Waals surface area (Å²) >= 11 is 0. The van der Waals surface area contributed by atoms with Crippen LogP contribution in [0.2, 0.25) is 0 Å². The van der Waals surface area contributed by atoms with Gasteiger partial charge < -0.3 is 9.84 Å². The van der Waals surface area contributed by atoms with Crippen molar-refractivity contribution in [2.75, 3.05) is 0 Å². The first-order valence-corrected chi connectivity index (χ1v) is 6.08. The SMILES string of the molecule is C=C(C(=O)OC(C)C)C(Cc1ccccc1)C(=O)O. The minimum absolute atomic E-state index is 0.0231. The zero-order chi connectivity index (χ0) is 14.4. The summed E-state index contributed by atoms with van der Waals surface area (Å²) in [6.45, 7) is 6.98. The van der Waals surface area contributed by atoms with Gasteiger partial charge in [0.2, 0.25) is 0 Å². The van der Waals surface area contributed by atoms with Crippen LogP contribution >= 0.6 is 0 Å². The smallest absolute Gasteiger partial charge is 0.334 e. The van der Waals surface area contributed by atoms with E-state index >= 15 is 0 Å². The first-order chi connectivity index (χ1) is 8.91. The molecule has 0 heterocycles. The first-order valence-electron chi connectivity index (χ1n) is 6.08. The maximum Gasteiger partial charge on any atom is 0.334 e. The number of carbonyl (C=O) groups is 2. The topological polar surface area (TPSA) is 63.6 Å². The molecular formula is C15H18O4. The van der Waals surface area contributed by atoms with E-state index in [1.54, 1.807) is 13.8 Å². The third-order valence-corrected chi connectivity index (χ3v) is 2.61. The Morgan fingerprint density at radius 1 is 1.26 bits per heavy atom. The van der Waals surface area contributed by atoms with Crippen molar-refractivity contribution in [1.29, 1.82) is 0 Å². The molecule has 1 aromatic carbocycles. The standard InChI is InChI=1S/C15H18O4/c1-10(2)19-15(18)11(3)13(14(16)17)9-12-7-5-4-6-8-12/h4-8,10,13H,3,9H2,1-2H3,(H,16,17). The predicted molar refractivity (Wildman–Crippen MR) is 71.6 cm³/mol. The summed E-state index contributed by atoms with van der Waals surface area (Å²) in [7, 11) is 0. The lowest BCUT2D eigenvalue weighted by Crippen LogP contribution is -2.25. The average Bonchev–Trinajstić information content (AvgIpc) is 2.35. The van der Waals surface area contributed by atoms with E-state index in [0.717, 1.165) is 5.56 Å². The van der Waals surface area contributed by atoms with Gasteiger partial charge in [0, 0.05) is 5.57 Å². The summed E-state index contributed by atoms with van der Waals surface area (Å²) in [5.74, 6) is -2.69. The molecule has 1 rings (SSSR count). The Bertz CT molecular complexity index is 462. The van der Waals surface area contributed by atoms with Crippen molar-refractivity contribution in [3.8, 4) is 0 Å². The summed E-state index contributed by atoms with van der Waals surface area (Å²) in [6.07, 6.45) is -0.0715. The highest BCUT2D eigenvalue weighted by Crippen LogP contribution is 2.18. The normalized spacial score (nSPS) is 11.9. The maximum absolute atomic E-state index is 11.7. The lowest BCUT2D eigenvalue weighted by Gasteiger charge is -2.16. The zero-order valence-corrected chi connectivity index (χ0v) is 11.1. The van der Waals surface area contributed by atoms with Crippen molar-refractivity contribution < 1.29 is 19.4 Å². The predicted octanol–water partition coefficient (Wildman–Crippen LogP) is 2.44. The molecule has 1 unspecified atom stereocenters. The number of carboxylic acid groups (broad SMARTS) is 1. The van der Waals surface area contributed by atoms with E-state index in [-0.39, 0.29) is 18.1 Å². The van der Waals surface area contributed by atoms with Crippen LogP contribution in [0.3, 0.4) is 0 Å². The molecule has 19 heavy (non-hydrogen) atoms. The van der Waals surface area contributed by atoms with Crippen molar-refractivity contribution >= 4 is 11.9 Å². The third kappa shape index (κ3) is 4.58. The molecule has 0 amide bonds. The molecule has 0 radical (unpaired) electrons. The van der Waals surface area contributed by atoms with Gasteiger partial charge in [-0.1, -0.05) is 36.9 Å². The average molecular weight is 262 g/mol. The van der Waals surface area contributed by atoms with E-state index in [4.69, 9.17) is 4.74 Å². The van der Waals surface area contributed by atoms with Crippen LogP contribution in [-0.2, 0) is 20.7 Å². The molecule has 0 saturated carbocycles. The summed E-state index contributed by atoms with van der Waals surface area (Å²) in [5.41, 5.74) is 0.818. The second kappa shape index (κ2) is 6.73. The number of benzene rings is 1. The number of rotatable bonds is 6. The molecule has 4 heteroatoms. The van der Waals surface area contributed by atoms with E-state index < -0.39 is 17.9 Å². The van der Waals surface area contributed by atoms with E-state index in [1.165, 1.54) is 0 Å². The molecule has 1 N–H and O–H groups in total. The Hall–Kier alpha value is -2.10. The molecule has 0 saturated heterocycles. The van der Waals surface area contributed by atoms with Gasteiger partial charge in [-0.05, 0) is 25.8 Å². The van der Waals surface area contributed by atoms with Gasteiger partial charge in [-0.15, -0.1) is 0 Å². The molecule has 1 atom stereocenters. The van der Waals surface area contributed by atoms with Gasteiger partial charge in [-0.25, -0.2) is 4.79 Å². The van der Waals surface area contributed by atoms with Gasteiger partial charge in [0.25, 0.3) is 0 Å². The van der Waals surface area contributed by atoms with Crippen LogP contribution in [0, 0.1) is 5.92 Å². The number of hydrogen-bond donors (Lipinski definition) is 1. The highest BCUT2D eigenvalue weighted by molar-refractivity contribution is 5.94. The number of carboxylic acids is 1. The lowest BCUT2D eigenvalue weighted by atomic mass is 9.93. The molecule has 0 aliphatic rings. The maximum atomic E-state index is 11.7. The van der Waals surface area contributed by atoms with Gasteiger partial charge >= 0.3 is 11.9 Å². The Morgan fingerprint density at radius 2 is 1.84 bits per heavy atom. The van der Waals surface area contributed by atoms with Crippen molar-refractivity contribution in [2.24, 2.45) is 5.92 Å². The van der Waals surface area contributed by atoms with Gasteiger partial charge in [0.1, 0.15) is 0 Å². The third-order valence-electron chi connectivity index (χ3n) is 2.61. The number of esters is 1. The van der Waals surface area contributed by atoms with E-state index in [2.05, 4.69) is 6.58 Å². The molecule has 1 aromatic rings. The molecular weight excluding hydrogens is 244 g/mol. The van der Waals surface area contributed by atoms with Crippen molar-refractivity contribution in [3.63, 3.8) is 0 Å². The Kier molecular flexibility index (Phi) is 5.30. The Balaban J connectivity index is 2.81. The lowest BCUT2D eigenvalue weighted by molar-refractivity contribution is -0.148. The van der Waals surface area contributed by atoms with E-state index in [1.807, 2.05) is 30.3 Å². The van der Waals surface area contributed by atoms with Gasteiger partial charge in [-0.3, -0.25) is 4.79 Å². The fourth-order valence-corrected chi connectivity index (χ4v) is 1.64. The van der Waals surface area contributed by atoms with Gasteiger partial charge in [0.15, 0.2) is 0 Å². The van der Waals surface area contributed by atoms with Crippen LogP contribution in [0.5, 0.6) is 0 Å². The molecule has 4 nitrogen and oxygen atoms in total. The summed E-state index contributed by atoms with van der Waals surface area (Å²) in [6, 6.07) is 9.13. The second-order valence-corrected chi connectivity index (χ2v) is 4.56. The molecule has 0 aromatic heterocycles. The van der Waals surface area contributed by atoms with Gasteiger partial charge in [0.05, 0.1) is 12.0 Å². The minimum Gasteiger partial charge on any atom is -0.481 e. The molecule has 0 bridgehead atoms. The van der Waals surface area contributed by atoms with Crippen LogP contribution < -0.4 is 0 Å². The minimum atomic E-state index is -1.07. The summed E-state index contributed by atoms with van der Waals surface area (Å²) < 4.78 is 4.98. The summed E-state index contributed by atoms with van der Waals surface area (Å²) in [4.78, 5) is 23.0. The largest absolute Gasteiger partial charge is 0.481 e. The monoisotopic (exact) mass is 262 g/mol. The fourth-order valence-electron chi connectivity index (χ4n) is 1.64. The van der Waals surface area contributed by atoms with Crippen LogP contribution in [0.1, 0.15) is 19.4 Å². The molecule has 0 aliphatic carbocycles. The number of aliphatic carboxylic acids is 1. The highest BCUT2D eigenvalue weighted by Gasteiger charge is 2.27. The molecule has 0 aliphatic heterocycles. The molecule has 0 fully saturated rings. The van der Waals surface area contributed by atoms with E-state index in [9.17, 15) is 14.7 Å². The number of ether oxygens (including phenoxy) is 1. The number of hydrogen-bond acceptors (Lipinski definition) is 3. The van der Waals surface area contributed by atoms with Crippen LogP contribution in [0.4, 0.5) is 0 Å². The van der Waals surface area contributed by atoms with Crippen molar-refractivity contribution in [2.45, 2.75) is 26.4 Å².